The van der Waals surface area contributed by atoms with E-state index in [4.69, 9.17) is 0 Å². The van der Waals surface area contributed by atoms with Crippen molar-refractivity contribution in [3.8, 4) is 56.9 Å². The second-order valence-corrected chi connectivity index (χ2v) is 18.0. The van der Waals surface area contributed by atoms with Crippen molar-refractivity contribution in [1.29, 1.82) is 10.5 Å². The molecule has 4 heteroatoms. The zero-order valence-corrected chi connectivity index (χ0v) is 35.8. The summed E-state index contributed by atoms with van der Waals surface area (Å²) in [6, 6.07) is 64.0. The third-order valence-corrected chi connectivity index (χ3v) is 14.6. The lowest BCUT2D eigenvalue weighted by Crippen LogP contribution is -2.15. The summed E-state index contributed by atoms with van der Waals surface area (Å²) in [6.45, 7) is 0. The van der Waals surface area contributed by atoms with Crippen LogP contribution in [0.4, 0.5) is 0 Å². The highest BCUT2D eigenvalue weighted by Crippen LogP contribution is 2.60. The molecule has 3 aliphatic rings. The third-order valence-electron chi connectivity index (χ3n) is 14.6. The first kappa shape index (κ1) is 37.4. The van der Waals surface area contributed by atoms with Crippen LogP contribution in [0.5, 0.6) is 0 Å². The van der Waals surface area contributed by atoms with Crippen LogP contribution in [-0.4, -0.2) is 9.13 Å². The molecule has 0 radical (unpaired) electrons. The molecular weight excluding hydrogens is 789 g/mol. The highest BCUT2D eigenvalue weighted by molar-refractivity contribution is 6.16. The summed E-state index contributed by atoms with van der Waals surface area (Å²) in [6.07, 6.45) is 12.0. The van der Waals surface area contributed by atoms with E-state index < -0.39 is 0 Å². The van der Waals surface area contributed by atoms with Crippen molar-refractivity contribution >= 4 is 49.2 Å². The highest BCUT2D eigenvalue weighted by atomic mass is 15.0. The lowest BCUT2D eigenvalue weighted by molar-refractivity contribution is 0.709. The van der Waals surface area contributed by atoms with E-state index in [1.165, 1.54) is 16.7 Å². The predicted molar refractivity (Wildman–Crippen MR) is 267 cm³/mol. The Morgan fingerprint density at radius 3 is 1.43 bits per heavy atom. The van der Waals surface area contributed by atoms with Crippen molar-refractivity contribution in [2.75, 3.05) is 0 Å². The van der Waals surface area contributed by atoms with Crippen LogP contribution in [0.3, 0.4) is 0 Å². The maximum atomic E-state index is 11.8. The summed E-state index contributed by atoms with van der Waals surface area (Å²) in [5, 5.41) is 28.1. The molecule has 4 nitrogen and oxygen atoms in total. The molecule has 13 rings (SSSR count). The van der Waals surface area contributed by atoms with E-state index in [0.717, 1.165) is 126 Å². The van der Waals surface area contributed by atoms with Crippen molar-refractivity contribution in [2.45, 2.75) is 43.9 Å². The van der Waals surface area contributed by atoms with Gasteiger partial charge in [-0.3, -0.25) is 0 Å². The van der Waals surface area contributed by atoms with Crippen LogP contribution in [0, 0.1) is 22.7 Å². The fraction of sp³-hybridized carbons (Fsp3) is 0.115. The van der Waals surface area contributed by atoms with Crippen molar-refractivity contribution in [1.82, 2.24) is 9.13 Å². The summed E-state index contributed by atoms with van der Waals surface area (Å²) in [4.78, 5) is 0. The molecule has 0 spiro atoms. The van der Waals surface area contributed by atoms with Crippen molar-refractivity contribution < 1.29 is 0 Å². The molecule has 2 atom stereocenters. The van der Waals surface area contributed by atoms with Crippen LogP contribution in [0.1, 0.15) is 71.8 Å². The van der Waals surface area contributed by atoms with Gasteiger partial charge in [-0.05, 0) is 113 Å². The molecule has 1 saturated carbocycles. The number of hydrogen-bond acceptors (Lipinski definition) is 2. The molecule has 0 saturated heterocycles. The first-order chi connectivity index (χ1) is 32.2. The van der Waals surface area contributed by atoms with Crippen LogP contribution in [-0.2, 0) is 0 Å². The number of hydrogen-bond donors (Lipinski definition) is 0. The van der Waals surface area contributed by atoms with E-state index in [1.807, 2.05) is 0 Å². The highest BCUT2D eigenvalue weighted by Gasteiger charge is 2.44. The Balaban J connectivity index is 1.18. The normalized spacial score (nSPS) is 16.3. The number of nitrogens with zero attached hydrogens (tertiary/aromatic N) is 4. The van der Waals surface area contributed by atoms with Gasteiger partial charge in [-0.1, -0.05) is 158 Å². The van der Waals surface area contributed by atoms with Gasteiger partial charge >= 0.3 is 0 Å². The number of rotatable bonds is 6. The maximum Gasteiger partial charge on any atom is 0.103 e. The van der Waals surface area contributed by atoms with Gasteiger partial charge in [0.25, 0.3) is 0 Å². The lowest BCUT2D eigenvalue weighted by atomic mass is 9.84. The average Bonchev–Trinajstić information content (AvgIpc) is 4.16. The molecule has 65 heavy (non-hydrogen) atoms. The van der Waals surface area contributed by atoms with E-state index >= 15 is 0 Å². The molecule has 2 unspecified atom stereocenters. The number of aromatic nitrogens is 2. The van der Waals surface area contributed by atoms with Crippen LogP contribution in [0.25, 0.3) is 93.9 Å². The van der Waals surface area contributed by atoms with Crippen molar-refractivity contribution in [3.63, 3.8) is 0 Å². The number of allylic oxidation sites excluding steroid dienone is 4. The van der Waals surface area contributed by atoms with Crippen LogP contribution in [0.2, 0.25) is 0 Å². The molecule has 10 aromatic rings. The van der Waals surface area contributed by atoms with Gasteiger partial charge < -0.3 is 9.13 Å². The van der Waals surface area contributed by atoms with E-state index in [1.54, 1.807) is 0 Å². The van der Waals surface area contributed by atoms with Crippen LogP contribution >= 0.6 is 0 Å². The molecule has 8 aromatic carbocycles. The fourth-order valence-corrected chi connectivity index (χ4v) is 11.9. The van der Waals surface area contributed by atoms with E-state index in [0.29, 0.717) is 11.1 Å². The maximum absolute atomic E-state index is 11.8. The second kappa shape index (κ2) is 14.7. The quantitative estimate of drug-likeness (QED) is 0.168. The number of nitriles is 2. The monoisotopic (exact) mass is 830 g/mol. The Morgan fingerprint density at radius 2 is 0.938 bits per heavy atom. The molecule has 2 aromatic heterocycles. The fourth-order valence-electron chi connectivity index (χ4n) is 11.9. The molecule has 0 amide bonds. The zero-order chi connectivity index (χ0) is 43.2. The summed E-state index contributed by atoms with van der Waals surface area (Å²) in [7, 11) is 0. The third kappa shape index (κ3) is 5.54. The van der Waals surface area contributed by atoms with Gasteiger partial charge in [0.2, 0.25) is 0 Å². The topological polar surface area (TPSA) is 57.4 Å². The van der Waals surface area contributed by atoms with E-state index in [-0.39, 0.29) is 11.8 Å². The van der Waals surface area contributed by atoms with Crippen LogP contribution < -0.4 is 0 Å². The predicted octanol–water partition coefficient (Wildman–Crippen LogP) is 15.7. The number of para-hydroxylation sites is 2. The Hall–Kier alpha value is -8.18. The van der Waals surface area contributed by atoms with E-state index in [9.17, 15) is 10.5 Å². The van der Waals surface area contributed by atoms with Crippen molar-refractivity contribution in [3.05, 3.63) is 210 Å². The molecule has 2 bridgehead atoms. The second-order valence-electron chi connectivity index (χ2n) is 18.0. The molecule has 0 aliphatic heterocycles. The lowest BCUT2D eigenvalue weighted by Gasteiger charge is -2.28. The Labute approximate surface area is 377 Å². The minimum Gasteiger partial charge on any atom is -0.307 e. The van der Waals surface area contributed by atoms with Gasteiger partial charge in [-0.2, -0.15) is 10.5 Å². The summed E-state index contributed by atoms with van der Waals surface area (Å²) in [5.41, 5.74) is 18.4. The van der Waals surface area contributed by atoms with Crippen molar-refractivity contribution in [2.24, 2.45) is 0 Å². The van der Waals surface area contributed by atoms with Gasteiger partial charge in [-0.25, -0.2) is 0 Å². The molecule has 306 valence electrons. The molecule has 2 heterocycles. The minimum absolute atomic E-state index is 0.254. The standard InChI is InChI=1S/C61H42N4/c62-36-52-53(37-63)61(65-55-32-30-43(39-17-7-2-8-18-39)35-51(55)49-26-14-24-47(59(49)65)41-21-11-4-12-22-41)57-45-28-27-44(33-45)56(57)60(52)64-54-31-29-42(38-15-5-1-6-16-38)34-50(54)48-25-13-23-46(58(48)64)40-19-9-3-10-20-40/h1-3,5-11,13-26,29-32,34-35,44-45H,4,12,27-28,33H2. The Kier molecular flexibility index (Phi) is 8.45. The summed E-state index contributed by atoms with van der Waals surface area (Å²) < 4.78 is 4.78. The molecular formula is C61H42N4. The number of benzene rings is 8. The van der Waals surface area contributed by atoms with Gasteiger partial charge in [0.15, 0.2) is 0 Å². The summed E-state index contributed by atoms with van der Waals surface area (Å²) >= 11 is 0. The van der Waals surface area contributed by atoms with Gasteiger partial charge in [0.1, 0.15) is 12.1 Å². The Morgan fingerprint density at radius 1 is 0.446 bits per heavy atom. The number of fused-ring (bicyclic) bond motifs is 11. The SMILES string of the molecule is N#Cc1c(C#N)c(-n2c3ccc(-c4ccccc4)cc3c3cccc(-c4ccccc4)c32)c2c(c1-n1c3ccc(-c4ccccc4)cc3c3cccc(C4=CCCC=C4)c31)C1CCC2C1. The molecule has 1 fully saturated rings. The minimum atomic E-state index is 0.254. The zero-order valence-electron chi connectivity index (χ0n) is 35.8. The first-order valence-corrected chi connectivity index (χ1v) is 22.9. The van der Waals surface area contributed by atoms with Crippen LogP contribution in [0.15, 0.2) is 182 Å². The summed E-state index contributed by atoms with van der Waals surface area (Å²) in [5.74, 6) is 0.511. The van der Waals surface area contributed by atoms with Gasteiger partial charge in [0, 0.05) is 32.7 Å². The molecule has 0 N–H and O–H groups in total. The average molecular weight is 831 g/mol. The smallest absolute Gasteiger partial charge is 0.103 e. The van der Waals surface area contributed by atoms with Gasteiger partial charge in [0.05, 0.1) is 44.6 Å². The van der Waals surface area contributed by atoms with E-state index in [2.05, 4.69) is 203 Å². The molecule has 3 aliphatic carbocycles. The Bertz CT molecular complexity index is 3760. The van der Waals surface area contributed by atoms with Gasteiger partial charge in [-0.15, -0.1) is 0 Å². The largest absolute Gasteiger partial charge is 0.307 e. The first-order valence-electron chi connectivity index (χ1n) is 22.9.